The summed E-state index contributed by atoms with van der Waals surface area (Å²) < 4.78 is 0.988. The van der Waals surface area contributed by atoms with E-state index < -0.39 is 17.4 Å². The van der Waals surface area contributed by atoms with Crippen molar-refractivity contribution in [3.8, 4) is 0 Å². The third kappa shape index (κ3) is 5.50. The normalized spacial score (nSPS) is 14.3. The van der Waals surface area contributed by atoms with Crippen LogP contribution >= 0.6 is 15.9 Å². The van der Waals surface area contributed by atoms with Crippen LogP contribution in [-0.4, -0.2) is 23.0 Å². The number of carbonyl (C=O) groups excluding carboxylic acids is 1. The summed E-state index contributed by atoms with van der Waals surface area (Å²) in [5.41, 5.74) is 0.526. The number of rotatable bonds is 5. The van der Waals surface area contributed by atoms with Crippen LogP contribution in [0.1, 0.15) is 45.6 Å². The van der Waals surface area contributed by atoms with E-state index in [2.05, 4.69) is 21.2 Å². The molecule has 5 heteroatoms. The molecule has 1 amide bonds. The van der Waals surface area contributed by atoms with Crippen molar-refractivity contribution in [1.29, 1.82) is 0 Å². The van der Waals surface area contributed by atoms with E-state index >= 15 is 0 Å². The molecule has 1 aromatic carbocycles. The quantitative estimate of drug-likeness (QED) is 0.848. The number of carboxylic acids is 1. The lowest BCUT2D eigenvalue weighted by molar-refractivity contribution is -0.145. The molecule has 0 aliphatic carbocycles. The lowest BCUT2D eigenvalue weighted by Gasteiger charge is -2.28. The number of carbonyl (C=O) groups is 2. The van der Waals surface area contributed by atoms with E-state index in [-0.39, 0.29) is 18.2 Å². The number of hydrogen-bond donors (Lipinski definition) is 2. The Balaban J connectivity index is 2.68. The van der Waals surface area contributed by atoms with Gasteiger partial charge < -0.3 is 10.4 Å². The van der Waals surface area contributed by atoms with Crippen LogP contribution < -0.4 is 5.32 Å². The van der Waals surface area contributed by atoms with E-state index in [0.717, 1.165) is 10.0 Å². The molecule has 2 atom stereocenters. The minimum absolute atomic E-state index is 0.0347. The van der Waals surface area contributed by atoms with Crippen molar-refractivity contribution >= 4 is 27.8 Å². The second-order valence-corrected chi connectivity index (χ2v) is 7.28. The van der Waals surface area contributed by atoms with Crippen LogP contribution in [0.4, 0.5) is 0 Å². The molecule has 0 saturated heterocycles. The van der Waals surface area contributed by atoms with Gasteiger partial charge in [0.15, 0.2) is 0 Å². The molecule has 0 radical (unpaired) electrons. The Labute approximate surface area is 134 Å². The molecule has 4 nitrogen and oxygen atoms in total. The van der Waals surface area contributed by atoms with Crippen LogP contribution in [0, 0.1) is 5.41 Å². The predicted molar refractivity (Wildman–Crippen MR) is 86.2 cm³/mol. The maximum absolute atomic E-state index is 12.1. The van der Waals surface area contributed by atoms with Crippen LogP contribution in [0.2, 0.25) is 0 Å². The van der Waals surface area contributed by atoms with Crippen molar-refractivity contribution in [2.24, 2.45) is 5.41 Å². The van der Waals surface area contributed by atoms with Crippen molar-refractivity contribution in [3.63, 3.8) is 0 Å². The summed E-state index contributed by atoms with van der Waals surface area (Å²) >= 11 is 3.37. The predicted octanol–water partition coefficient (Wildman–Crippen LogP) is 3.56. The van der Waals surface area contributed by atoms with Crippen molar-refractivity contribution in [2.45, 2.75) is 46.1 Å². The first-order valence-electron chi connectivity index (χ1n) is 6.89. The van der Waals surface area contributed by atoms with Crippen LogP contribution in [0.25, 0.3) is 0 Å². The number of aliphatic carboxylic acids is 1. The second kappa shape index (κ2) is 7.07. The Morgan fingerprint density at radius 1 is 1.24 bits per heavy atom. The van der Waals surface area contributed by atoms with Crippen molar-refractivity contribution in [1.82, 2.24) is 5.32 Å². The standard InChI is InChI=1S/C16H22BrNO3/c1-10(11-5-7-12(17)8-6-11)9-13(19)18-14(15(20)21)16(2,3)4/h5-8,10,14H,9H2,1-4H3,(H,18,19)(H,20,21). The largest absolute Gasteiger partial charge is 0.480 e. The molecule has 2 unspecified atom stereocenters. The third-order valence-corrected chi connectivity index (χ3v) is 3.88. The third-order valence-electron chi connectivity index (χ3n) is 3.35. The van der Waals surface area contributed by atoms with Gasteiger partial charge in [0.05, 0.1) is 0 Å². The molecular weight excluding hydrogens is 334 g/mol. The number of hydrogen-bond acceptors (Lipinski definition) is 2. The highest BCUT2D eigenvalue weighted by Crippen LogP contribution is 2.23. The molecule has 0 bridgehead atoms. The number of nitrogens with one attached hydrogen (secondary N) is 1. The molecule has 0 heterocycles. The molecule has 1 aromatic rings. The second-order valence-electron chi connectivity index (χ2n) is 6.36. The number of carboxylic acid groups (broad SMARTS) is 1. The zero-order chi connectivity index (χ0) is 16.2. The molecule has 116 valence electrons. The van der Waals surface area contributed by atoms with Gasteiger partial charge in [-0.3, -0.25) is 4.79 Å². The van der Waals surface area contributed by atoms with E-state index in [4.69, 9.17) is 0 Å². The van der Waals surface area contributed by atoms with Crippen LogP contribution in [0.3, 0.4) is 0 Å². The van der Waals surface area contributed by atoms with Crippen LogP contribution in [-0.2, 0) is 9.59 Å². The summed E-state index contributed by atoms with van der Waals surface area (Å²) in [6.07, 6.45) is 0.265. The van der Waals surface area contributed by atoms with Gasteiger partial charge in [0.1, 0.15) is 6.04 Å². The fourth-order valence-electron chi connectivity index (χ4n) is 2.06. The summed E-state index contributed by atoms with van der Waals surface area (Å²) in [7, 11) is 0. The van der Waals surface area contributed by atoms with Crippen LogP contribution in [0.15, 0.2) is 28.7 Å². The van der Waals surface area contributed by atoms with Gasteiger partial charge >= 0.3 is 5.97 Å². The number of halogens is 1. The van der Waals surface area contributed by atoms with Gasteiger partial charge in [-0.1, -0.05) is 55.8 Å². The molecule has 1 rings (SSSR count). The Kier molecular flexibility index (Phi) is 5.96. The molecule has 0 saturated carbocycles. The van der Waals surface area contributed by atoms with Gasteiger partial charge in [0.25, 0.3) is 0 Å². The highest BCUT2D eigenvalue weighted by molar-refractivity contribution is 9.10. The SMILES string of the molecule is CC(CC(=O)NC(C(=O)O)C(C)(C)C)c1ccc(Br)cc1. The zero-order valence-electron chi connectivity index (χ0n) is 12.8. The van der Waals surface area contributed by atoms with Gasteiger partial charge in [0, 0.05) is 10.9 Å². The van der Waals surface area contributed by atoms with Crippen molar-refractivity contribution in [3.05, 3.63) is 34.3 Å². The maximum atomic E-state index is 12.1. The van der Waals surface area contributed by atoms with Gasteiger partial charge in [-0.05, 0) is 29.0 Å². The maximum Gasteiger partial charge on any atom is 0.326 e. The van der Waals surface area contributed by atoms with Gasteiger partial charge in [-0.15, -0.1) is 0 Å². The lowest BCUT2D eigenvalue weighted by atomic mass is 9.86. The highest BCUT2D eigenvalue weighted by Gasteiger charge is 2.32. The molecule has 0 aliphatic heterocycles. The Hall–Kier alpha value is -1.36. The van der Waals surface area contributed by atoms with Crippen molar-refractivity contribution < 1.29 is 14.7 Å². The highest BCUT2D eigenvalue weighted by atomic mass is 79.9. The Morgan fingerprint density at radius 3 is 2.19 bits per heavy atom. The Bertz CT molecular complexity index is 505. The molecule has 0 aliphatic rings. The minimum Gasteiger partial charge on any atom is -0.480 e. The minimum atomic E-state index is -1.01. The summed E-state index contributed by atoms with van der Waals surface area (Å²) in [4.78, 5) is 23.3. The van der Waals surface area contributed by atoms with E-state index in [1.54, 1.807) is 20.8 Å². The number of benzene rings is 1. The summed E-state index contributed by atoms with van der Waals surface area (Å²) in [5, 5.41) is 11.8. The fraction of sp³-hybridized carbons (Fsp3) is 0.500. The summed E-state index contributed by atoms with van der Waals surface area (Å²) in [6, 6.07) is 6.89. The fourth-order valence-corrected chi connectivity index (χ4v) is 2.32. The van der Waals surface area contributed by atoms with Gasteiger partial charge in [0.2, 0.25) is 5.91 Å². The van der Waals surface area contributed by atoms with E-state index in [1.807, 2.05) is 31.2 Å². The van der Waals surface area contributed by atoms with Gasteiger partial charge in [-0.2, -0.15) is 0 Å². The van der Waals surface area contributed by atoms with E-state index in [0.29, 0.717) is 0 Å². The smallest absolute Gasteiger partial charge is 0.326 e. The number of amides is 1. The van der Waals surface area contributed by atoms with Crippen LogP contribution in [0.5, 0.6) is 0 Å². The Morgan fingerprint density at radius 2 is 1.76 bits per heavy atom. The molecular formula is C16H22BrNO3. The molecule has 0 aromatic heterocycles. The average Bonchev–Trinajstić information content (AvgIpc) is 2.35. The van der Waals surface area contributed by atoms with Gasteiger partial charge in [-0.25, -0.2) is 4.79 Å². The monoisotopic (exact) mass is 355 g/mol. The average molecular weight is 356 g/mol. The zero-order valence-corrected chi connectivity index (χ0v) is 14.4. The molecule has 2 N–H and O–H groups in total. The van der Waals surface area contributed by atoms with E-state index in [1.165, 1.54) is 0 Å². The first-order valence-corrected chi connectivity index (χ1v) is 7.68. The van der Waals surface area contributed by atoms with E-state index in [9.17, 15) is 14.7 Å². The molecule has 0 fully saturated rings. The molecule has 21 heavy (non-hydrogen) atoms. The summed E-state index contributed by atoms with van der Waals surface area (Å²) in [6.45, 7) is 7.34. The van der Waals surface area contributed by atoms with Crippen molar-refractivity contribution in [2.75, 3.05) is 0 Å². The topological polar surface area (TPSA) is 66.4 Å². The summed E-state index contributed by atoms with van der Waals surface area (Å²) in [5.74, 6) is -1.22. The molecule has 0 spiro atoms. The first-order chi connectivity index (χ1) is 9.61. The first kappa shape index (κ1) is 17.7. The lowest BCUT2D eigenvalue weighted by Crippen LogP contribution is -2.49.